The maximum Gasteiger partial charge on any atom is 0.224 e. The largest absolute Gasteiger partial charge is 0.351 e. The highest BCUT2D eigenvalue weighted by Crippen LogP contribution is 2.13. The highest BCUT2D eigenvalue weighted by Gasteiger charge is 2.20. The highest BCUT2D eigenvalue weighted by molar-refractivity contribution is 7.09. The van der Waals surface area contributed by atoms with Gasteiger partial charge in [0, 0.05) is 11.4 Å². The van der Waals surface area contributed by atoms with Crippen molar-refractivity contribution in [3.05, 3.63) is 16.1 Å². The predicted octanol–water partition coefficient (Wildman–Crippen LogP) is 1.91. The predicted molar refractivity (Wildman–Crippen MR) is 78.8 cm³/mol. The number of aromatic nitrogens is 1. The number of carbonyl (C=O) groups excluding carboxylic acids is 1. The Bertz CT molecular complexity index is 367. The molecule has 1 aromatic rings. The van der Waals surface area contributed by atoms with Gasteiger partial charge in [0.2, 0.25) is 5.91 Å². The average molecular weight is 312 g/mol. The van der Waals surface area contributed by atoms with Crippen LogP contribution in [0.2, 0.25) is 0 Å². The molecular weight excluding hydrogens is 293 g/mol. The van der Waals surface area contributed by atoms with Gasteiger partial charge in [-0.15, -0.1) is 36.2 Å². The van der Waals surface area contributed by atoms with E-state index in [-0.39, 0.29) is 36.6 Å². The molecule has 1 amide bonds. The Kier molecular flexibility index (Phi) is 8.52. The molecule has 0 bridgehead atoms. The minimum Gasteiger partial charge on any atom is -0.351 e. The van der Waals surface area contributed by atoms with Crippen molar-refractivity contribution in [1.29, 1.82) is 0 Å². The summed E-state index contributed by atoms with van der Waals surface area (Å²) in [6.45, 7) is 4.44. The number of thiazole rings is 1. The van der Waals surface area contributed by atoms with Crippen molar-refractivity contribution in [1.82, 2.24) is 15.6 Å². The molecule has 1 aromatic heterocycles. The summed E-state index contributed by atoms with van der Waals surface area (Å²) < 4.78 is 0. The lowest BCUT2D eigenvalue weighted by Gasteiger charge is -2.21. The molecule has 0 radical (unpaired) electrons. The number of rotatable bonds is 3. The summed E-state index contributed by atoms with van der Waals surface area (Å²) in [6, 6.07) is 0. The smallest absolute Gasteiger partial charge is 0.224 e. The molecule has 7 heteroatoms. The number of hydrogen-bond acceptors (Lipinski definition) is 4. The van der Waals surface area contributed by atoms with Crippen molar-refractivity contribution >= 4 is 42.1 Å². The molecule has 1 unspecified atom stereocenters. The molecule has 1 fully saturated rings. The fraction of sp³-hybridized carbons (Fsp3) is 0.636. The van der Waals surface area contributed by atoms with Gasteiger partial charge in [-0.25, -0.2) is 4.98 Å². The average Bonchev–Trinajstić information content (AvgIpc) is 2.73. The van der Waals surface area contributed by atoms with E-state index in [0.29, 0.717) is 6.54 Å². The Morgan fingerprint density at radius 3 is 2.94 bits per heavy atom. The zero-order chi connectivity index (χ0) is 11.4. The Morgan fingerprint density at radius 2 is 2.39 bits per heavy atom. The molecule has 0 aliphatic carbocycles. The molecule has 1 saturated heterocycles. The van der Waals surface area contributed by atoms with Crippen molar-refractivity contribution in [3.8, 4) is 0 Å². The third-order valence-corrected chi connectivity index (χ3v) is 3.87. The van der Waals surface area contributed by atoms with Crippen LogP contribution < -0.4 is 10.6 Å². The maximum atomic E-state index is 11.8. The number of nitrogens with one attached hydrogen (secondary N) is 2. The molecule has 1 aliphatic rings. The molecular formula is C11H19Cl2N3OS. The number of aryl methyl sites for hydroxylation is 1. The van der Waals surface area contributed by atoms with Crippen LogP contribution in [0, 0.1) is 12.8 Å². The summed E-state index contributed by atoms with van der Waals surface area (Å²) in [5.41, 5.74) is 2.84. The first-order valence-electron chi connectivity index (χ1n) is 5.65. The van der Waals surface area contributed by atoms with Crippen LogP contribution in [-0.4, -0.2) is 24.0 Å². The monoisotopic (exact) mass is 311 g/mol. The van der Waals surface area contributed by atoms with E-state index in [9.17, 15) is 4.79 Å². The normalized spacial score (nSPS) is 18.4. The van der Waals surface area contributed by atoms with Crippen LogP contribution in [-0.2, 0) is 11.3 Å². The van der Waals surface area contributed by atoms with Crippen molar-refractivity contribution < 1.29 is 4.79 Å². The van der Waals surface area contributed by atoms with E-state index in [1.54, 1.807) is 11.3 Å². The number of hydrogen-bond donors (Lipinski definition) is 2. The van der Waals surface area contributed by atoms with Crippen LogP contribution in [0.1, 0.15) is 23.4 Å². The molecule has 2 heterocycles. The topological polar surface area (TPSA) is 54.0 Å². The van der Waals surface area contributed by atoms with Gasteiger partial charge < -0.3 is 10.6 Å². The van der Waals surface area contributed by atoms with Gasteiger partial charge in [0.25, 0.3) is 0 Å². The van der Waals surface area contributed by atoms with E-state index >= 15 is 0 Å². The Morgan fingerprint density at radius 1 is 1.61 bits per heavy atom. The maximum absolute atomic E-state index is 11.8. The van der Waals surface area contributed by atoms with Crippen LogP contribution in [0.3, 0.4) is 0 Å². The minimum atomic E-state index is 0. The summed E-state index contributed by atoms with van der Waals surface area (Å²) in [5.74, 6) is 0.307. The summed E-state index contributed by atoms with van der Waals surface area (Å²) in [4.78, 5) is 17.1. The van der Waals surface area contributed by atoms with Gasteiger partial charge in [0.05, 0.1) is 23.7 Å². The molecule has 1 atom stereocenters. The third kappa shape index (κ3) is 4.72. The zero-order valence-electron chi connectivity index (χ0n) is 10.3. The van der Waals surface area contributed by atoms with Crippen LogP contribution in [0.25, 0.3) is 0 Å². The Labute approximate surface area is 124 Å². The highest BCUT2D eigenvalue weighted by atomic mass is 35.5. The lowest BCUT2D eigenvalue weighted by molar-refractivity contribution is -0.125. The number of nitrogens with zero attached hydrogens (tertiary/aromatic N) is 1. The SMILES string of the molecule is Cc1ncsc1CNC(=O)C1CCCNC1.Cl.Cl. The van der Waals surface area contributed by atoms with Crippen molar-refractivity contribution in [2.45, 2.75) is 26.3 Å². The molecule has 2 rings (SSSR count). The summed E-state index contributed by atoms with van der Waals surface area (Å²) in [5, 5.41) is 6.24. The summed E-state index contributed by atoms with van der Waals surface area (Å²) >= 11 is 1.60. The molecule has 1 aliphatic heterocycles. The quantitative estimate of drug-likeness (QED) is 0.896. The Hall–Kier alpha value is -0.360. The van der Waals surface area contributed by atoms with Gasteiger partial charge in [0.15, 0.2) is 0 Å². The van der Waals surface area contributed by atoms with Gasteiger partial charge in [-0.3, -0.25) is 4.79 Å². The van der Waals surface area contributed by atoms with Crippen LogP contribution in [0.15, 0.2) is 5.51 Å². The van der Waals surface area contributed by atoms with E-state index in [1.165, 1.54) is 0 Å². The van der Waals surface area contributed by atoms with Crippen molar-refractivity contribution in [2.75, 3.05) is 13.1 Å². The fourth-order valence-corrected chi connectivity index (χ4v) is 2.60. The van der Waals surface area contributed by atoms with Crippen molar-refractivity contribution in [2.24, 2.45) is 5.92 Å². The second kappa shape index (κ2) is 8.69. The first-order valence-corrected chi connectivity index (χ1v) is 6.52. The first kappa shape index (κ1) is 17.6. The van der Waals surface area contributed by atoms with Gasteiger partial charge in [-0.05, 0) is 26.3 Å². The van der Waals surface area contributed by atoms with Crippen LogP contribution >= 0.6 is 36.2 Å². The van der Waals surface area contributed by atoms with Gasteiger partial charge in [0.1, 0.15) is 0 Å². The van der Waals surface area contributed by atoms with Crippen molar-refractivity contribution in [3.63, 3.8) is 0 Å². The van der Waals surface area contributed by atoms with Gasteiger partial charge in [-0.2, -0.15) is 0 Å². The lowest BCUT2D eigenvalue weighted by atomic mass is 9.99. The number of amides is 1. The summed E-state index contributed by atoms with van der Waals surface area (Å²) in [6.07, 6.45) is 2.10. The van der Waals surface area contributed by atoms with Crippen LogP contribution in [0.5, 0.6) is 0 Å². The van der Waals surface area contributed by atoms with Gasteiger partial charge in [-0.1, -0.05) is 0 Å². The zero-order valence-corrected chi connectivity index (χ0v) is 12.7. The molecule has 0 aromatic carbocycles. The van der Waals surface area contributed by atoms with E-state index < -0.39 is 0 Å². The number of piperidine rings is 1. The molecule has 104 valence electrons. The minimum absolute atomic E-state index is 0. The molecule has 4 nitrogen and oxygen atoms in total. The number of carbonyl (C=O) groups is 1. The fourth-order valence-electron chi connectivity index (χ4n) is 1.88. The molecule has 0 spiro atoms. The van der Waals surface area contributed by atoms with E-state index in [2.05, 4.69) is 15.6 Å². The third-order valence-electron chi connectivity index (χ3n) is 2.94. The van der Waals surface area contributed by atoms with E-state index in [1.807, 2.05) is 12.4 Å². The Balaban J connectivity index is 0.00000144. The lowest BCUT2D eigenvalue weighted by Crippen LogP contribution is -2.40. The molecule has 0 saturated carbocycles. The molecule has 2 N–H and O–H groups in total. The van der Waals surface area contributed by atoms with E-state index in [4.69, 9.17) is 0 Å². The van der Waals surface area contributed by atoms with Gasteiger partial charge >= 0.3 is 0 Å². The van der Waals surface area contributed by atoms with E-state index in [0.717, 1.165) is 36.5 Å². The number of halogens is 2. The molecule has 18 heavy (non-hydrogen) atoms. The second-order valence-corrected chi connectivity index (χ2v) is 5.06. The first-order chi connectivity index (χ1) is 7.77. The summed E-state index contributed by atoms with van der Waals surface area (Å²) in [7, 11) is 0. The van der Waals surface area contributed by atoms with Crippen LogP contribution in [0.4, 0.5) is 0 Å². The standard InChI is InChI=1S/C11H17N3OS.2ClH/c1-8-10(16-7-14-8)6-13-11(15)9-3-2-4-12-5-9;;/h7,9,12H,2-6H2,1H3,(H,13,15);2*1H. The second-order valence-electron chi connectivity index (χ2n) is 4.12.